The highest BCUT2D eigenvalue weighted by Gasteiger charge is 2.25. The number of likely N-dealkylation sites (tertiary alicyclic amines) is 1. The van der Waals surface area contributed by atoms with Gasteiger partial charge in [0.15, 0.2) is 0 Å². The van der Waals surface area contributed by atoms with Gasteiger partial charge in [0.25, 0.3) is 5.91 Å². The molecule has 3 aromatic rings. The van der Waals surface area contributed by atoms with Gasteiger partial charge in [0, 0.05) is 48.8 Å². The number of aryl methyl sites for hydroxylation is 1. The highest BCUT2D eigenvalue weighted by atomic mass is 16.5. The zero-order valence-corrected chi connectivity index (χ0v) is 19.4. The van der Waals surface area contributed by atoms with Crippen molar-refractivity contribution in [3.63, 3.8) is 0 Å². The van der Waals surface area contributed by atoms with Crippen molar-refractivity contribution in [1.82, 2.24) is 15.2 Å². The Morgan fingerprint density at radius 3 is 2.76 bits per heavy atom. The lowest BCUT2D eigenvalue weighted by Gasteiger charge is -2.33. The number of nitrogens with one attached hydrogen (secondary N) is 2. The maximum absolute atomic E-state index is 13.1. The molecule has 1 aliphatic heterocycles. The highest BCUT2D eigenvalue weighted by Crippen LogP contribution is 2.21. The van der Waals surface area contributed by atoms with Crippen LogP contribution >= 0.6 is 0 Å². The van der Waals surface area contributed by atoms with Crippen LogP contribution in [0, 0.1) is 12.8 Å². The number of pyridine rings is 1. The summed E-state index contributed by atoms with van der Waals surface area (Å²) in [6.07, 6.45) is 5.37. The molecular weight excluding hydrogens is 428 g/mol. The normalized spacial score (nSPS) is 15.4. The number of benzene rings is 2. The van der Waals surface area contributed by atoms with E-state index in [4.69, 9.17) is 4.74 Å². The van der Waals surface area contributed by atoms with E-state index >= 15 is 0 Å². The van der Waals surface area contributed by atoms with Crippen LogP contribution in [0.4, 0.5) is 10.5 Å². The fourth-order valence-electron chi connectivity index (χ4n) is 4.02. The van der Waals surface area contributed by atoms with Gasteiger partial charge in [-0.05, 0) is 62.1 Å². The van der Waals surface area contributed by atoms with Crippen LogP contribution in [0.3, 0.4) is 0 Å². The minimum absolute atomic E-state index is 0.0133. The van der Waals surface area contributed by atoms with Gasteiger partial charge in [0.05, 0.1) is 0 Å². The van der Waals surface area contributed by atoms with E-state index < -0.39 is 0 Å². The Morgan fingerprint density at radius 1 is 1.12 bits per heavy atom. The van der Waals surface area contributed by atoms with Crippen molar-refractivity contribution in [3.8, 4) is 5.75 Å². The fraction of sp³-hybridized carbons (Fsp3) is 0.296. The molecule has 0 unspecified atom stereocenters. The van der Waals surface area contributed by atoms with Crippen LogP contribution in [0.15, 0.2) is 73.1 Å². The lowest BCUT2D eigenvalue weighted by atomic mass is 9.97. The van der Waals surface area contributed by atoms with Crippen molar-refractivity contribution in [3.05, 3.63) is 89.7 Å². The van der Waals surface area contributed by atoms with Gasteiger partial charge in [-0.15, -0.1) is 0 Å². The van der Waals surface area contributed by atoms with E-state index in [0.717, 1.165) is 29.7 Å². The third-order valence-electron chi connectivity index (χ3n) is 5.88. The van der Waals surface area contributed by atoms with Gasteiger partial charge in [0.1, 0.15) is 12.4 Å². The number of hydrogen-bond donors (Lipinski definition) is 2. The van der Waals surface area contributed by atoms with Crippen LogP contribution in [0.25, 0.3) is 0 Å². The molecule has 0 saturated carbocycles. The number of aromatic nitrogens is 1. The third kappa shape index (κ3) is 6.57. The number of carbonyl (C=O) groups excluding carboxylic acids is 2. The zero-order chi connectivity index (χ0) is 23.8. The molecule has 2 aromatic carbocycles. The predicted molar refractivity (Wildman–Crippen MR) is 132 cm³/mol. The molecule has 2 N–H and O–H groups in total. The first-order valence-electron chi connectivity index (χ1n) is 11.6. The molecule has 1 atom stereocenters. The van der Waals surface area contributed by atoms with Crippen molar-refractivity contribution < 1.29 is 14.3 Å². The number of amides is 3. The van der Waals surface area contributed by atoms with Gasteiger partial charge in [-0.3, -0.25) is 9.78 Å². The Hall–Kier alpha value is -3.87. The smallest absolute Gasteiger partial charge is 0.319 e. The van der Waals surface area contributed by atoms with Crippen LogP contribution < -0.4 is 15.4 Å². The van der Waals surface area contributed by atoms with Crippen LogP contribution in [0.2, 0.25) is 0 Å². The minimum Gasteiger partial charge on any atom is -0.489 e. The molecular formula is C27H30N4O3. The van der Waals surface area contributed by atoms with Crippen LogP contribution in [-0.4, -0.2) is 41.5 Å². The third-order valence-corrected chi connectivity index (χ3v) is 5.88. The number of anilines is 1. The fourth-order valence-corrected chi connectivity index (χ4v) is 4.02. The monoisotopic (exact) mass is 458 g/mol. The number of urea groups is 1. The Bertz CT molecular complexity index is 1100. The van der Waals surface area contributed by atoms with E-state index in [9.17, 15) is 9.59 Å². The minimum atomic E-state index is -0.231. The molecule has 0 aliphatic carbocycles. The summed E-state index contributed by atoms with van der Waals surface area (Å²) in [5.41, 5.74) is 3.48. The molecule has 0 spiro atoms. The molecule has 2 heterocycles. The Balaban J connectivity index is 1.28. The summed E-state index contributed by atoms with van der Waals surface area (Å²) in [5, 5.41) is 5.79. The van der Waals surface area contributed by atoms with Crippen molar-refractivity contribution >= 4 is 17.6 Å². The second kappa shape index (κ2) is 11.3. The first-order valence-corrected chi connectivity index (χ1v) is 11.6. The second-order valence-corrected chi connectivity index (χ2v) is 8.64. The summed E-state index contributed by atoms with van der Waals surface area (Å²) < 4.78 is 5.85. The van der Waals surface area contributed by atoms with Crippen LogP contribution in [-0.2, 0) is 6.61 Å². The number of piperidine rings is 1. The Labute approximate surface area is 200 Å². The first-order chi connectivity index (χ1) is 16.6. The maximum Gasteiger partial charge on any atom is 0.319 e. The SMILES string of the molecule is Cc1ccc(NC(=O)NC[C@H]2CCCN(C(=O)c3cccc(OCc4cccnc4)c3)C2)cc1. The molecule has 0 radical (unpaired) electrons. The van der Waals surface area contributed by atoms with Gasteiger partial charge in [-0.1, -0.05) is 29.8 Å². The molecule has 176 valence electrons. The van der Waals surface area contributed by atoms with E-state index in [2.05, 4.69) is 15.6 Å². The molecule has 1 saturated heterocycles. The standard InChI is InChI=1S/C27H30N4O3/c1-20-9-11-24(12-10-20)30-27(33)29-17-21-6-4-14-31(18-21)26(32)23-7-2-8-25(15-23)34-19-22-5-3-13-28-16-22/h2-3,5,7-13,15-16,21H,4,6,14,17-19H2,1H3,(H2,29,30,33)/t21-/m1/s1. The molecule has 1 aromatic heterocycles. The first kappa shape index (κ1) is 23.3. The van der Waals surface area contributed by atoms with E-state index in [1.54, 1.807) is 18.5 Å². The van der Waals surface area contributed by atoms with Gasteiger partial charge in [-0.25, -0.2) is 4.79 Å². The van der Waals surface area contributed by atoms with Gasteiger partial charge >= 0.3 is 6.03 Å². The quantitative estimate of drug-likeness (QED) is 0.540. The number of nitrogens with zero attached hydrogens (tertiary/aromatic N) is 2. The topological polar surface area (TPSA) is 83.6 Å². The molecule has 3 amide bonds. The van der Waals surface area contributed by atoms with E-state index in [1.165, 1.54) is 0 Å². The number of hydrogen-bond acceptors (Lipinski definition) is 4. The average molecular weight is 459 g/mol. The molecule has 34 heavy (non-hydrogen) atoms. The van der Waals surface area contributed by atoms with E-state index in [1.807, 2.05) is 66.4 Å². The molecule has 7 heteroatoms. The van der Waals surface area contributed by atoms with Gasteiger partial charge < -0.3 is 20.3 Å². The van der Waals surface area contributed by atoms with E-state index in [-0.39, 0.29) is 17.9 Å². The number of rotatable bonds is 7. The molecule has 0 bridgehead atoms. The Kier molecular flexibility index (Phi) is 7.75. The summed E-state index contributed by atoms with van der Waals surface area (Å²) in [6.45, 7) is 4.26. The summed E-state index contributed by atoms with van der Waals surface area (Å²) >= 11 is 0. The van der Waals surface area contributed by atoms with Crippen molar-refractivity contribution in [2.24, 2.45) is 5.92 Å². The summed E-state index contributed by atoms with van der Waals surface area (Å²) in [7, 11) is 0. The predicted octanol–water partition coefficient (Wildman–Crippen LogP) is 4.64. The lowest BCUT2D eigenvalue weighted by molar-refractivity contribution is 0.0674. The highest BCUT2D eigenvalue weighted by molar-refractivity contribution is 5.94. The van der Waals surface area contributed by atoms with Gasteiger partial charge in [0.2, 0.25) is 0 Å². The average Bonchev–Trinajstić information content (AvgIpc) is 2.88. The lowest BCUT2D eigenvalue weighted by Crippen LogP contribution is -2.44. The van der Waals surface area contributed by atoms with Crippen molar-refractivity contribution in [2.75, 3.05) is 25.0 Å². The number of ether oxygens (including phenoxy) is 1. The molecule has 4 rings (SSSR count). The van der Waals surface area contributed by atoms with Crippen molar-refractivity contribution in [1.29, 1.82) is 0 Å². The van der Waals surface area contributed by atoms with Crippen LogP contribution in [0.5, 0.6) is 5.75 Å². The second-order valence-electron chi connectivity index (χ2n) is 8.64. The molecule has 1 aliphatic rings. The number of carbonyl (C=O) groups is 2. The van der Waals surface area contributed by atoms with Crippen molar-refractivity contribution in [2.45, 2.75) is 26.4 Å². The molecule has 1 fully saturated rings. The summed E-state index contributed by atoms with van der Waals surface area (Å²) in [6, 6.07) is 18.6. The maximum atomic E-state index is 13.1. The largest absolute Gasteiger partial charge is 0.489 e. The Morgan fingerprint density at radius 2 is 1.97 bits per heavy atom. The molecule has 7 nitrogen and oxygen atoms in total. The summed E-state index contributed by atoms with van der Waals surface area (Å²) in [4.78, 5) is 31.4. The summed E-state index contributed by atoms with van der Waals surface area (Å²) in [5.74, 6) is 0.852. The zero-order valence-electron chi connectivity index (χ0n) is 19.4. The van der Waals surface area contributed by atoms with Crippen LogP contribution in [0.1, 0.15) is 34.3 Å². The van der Waals surface area contributed by atoms with Gasteiger partial charge in [-0.2, -0.15) is 0 Å². The van der Waals surface area contributed by atoms with E-state index in [0.29, 0.717) is 37.6 Å².